The highest BCUT2D eigenvalue weighted by atomic mass is 16.6. The summed E-state index contributed by atoms with van der Waals surface area (Å²) in [5.41, 5.74) is 0.827. The van der Waals surface area contributed by atoms with Gasteiger partial charge in [-0.2, -0.15) is 0 Å². The van der Waals surface area contributed by atoms with Gasteiger partial charge in [-0.25, -0.2) is 9.59 Å². The number of nitrogens with zero attached hydrogens (tertiary/aromatic N) is 2. The van der Waals surface area contributed by atoms with Crippen molar-refractivity contribution in [3.63, 3.8) is 0 Å². The first-order valence-corrected chi connectivity index (χ1v) is 11.6. The summed E-state index contributed by atoms with van der Waals surface area (Å²) >= 11 is 0. The number of carbonyl (C=O) groups is 4. The molecule has 3 amide bonds. The highest BCUT2D eigenvalue weighted by Crippen LogP contribution is 2.17. The van der Waals surface area contributed by atoms with Crippen molar-refractivity contribution in [1.29, 1.82) is 0 Å². The first-order valence-electron chi connectivity index (χ1n) is 11.6. The largest absolute Gasteiger partial charge is 0.480 e. The topological polar surface area (TPSA) is 116 Å². The van der Waals surface area contributed by atoms with Crippen LogP contribution in [0.2, 0.25) is 0 Å². The zero-order chi connectivity index (χ0) is 26.0. The molecule has 0 saturated carbocycles. The van der Waals surface area contributed by atoms with Gasteiger partial charge in [-0.1, -0.05) is 64.4 Å². The molecule has 0 bridgehead atoms. The molecule has 1 aromatic carbocycles. The molecule has 0 aliphatic carbocycles. The van der Waals surface area contributed by atoms with Crippen molar-refractivity contribution in [1.82, 2.24) is 15.1 Å². The zero-order valence-electron chi connectivity index (χ0n) is 21.3. The van der Waals surface area contributed by atoms with Crippen LogP contribution in [0.15, 0.2) is 30.3 Å². The molecular weight excluding hydrogens is 438 g/mol. The minimum atomic E-state index is -1.12. The van der Waals surface area contributed by atoms with Crippen molar-refractivity contribution in [2.24, 2.45) is 11.8 Å². The van der Waals surface area contributed by atoms with Gasteiger partial charge >= 0.3 is 12.1 Å². The second-order valence-electron chi connectivity index (χ2n) is 9.13. The molecule has 0 aliphatic heterocycles. The quantitative estimate of drug-likeness (QED) is 0.478. The lowest BCUT2D eigenvalue weighted by molar-refractivity contribution is -0.146. The maximum absolute atomic E-state index is 13.3. The Morgan fingerprint density at radius 1 is 1.00 bits per heavy atom. The summed E-state index contributed by atoms with van der Waals surface area (Å²) in [6.07, 6.45) is 0.308. The SMILES string of the molecule is CC[C@H](C)[C@H](NC(=O)[C@H](C)N(C)C(=O)[C@H](CC(C)C)N(C)C(=O)OCc1ccccc1)C(=O)O. The maximum atomic E-state index is 13.3. The van der Waals surface area contributed by atoms with E-state index >= 15 is 0 Å². The van der Waals surface area contributed by atoms with Crippen LogP contribution in [-0.2, 0) is 25.7 Å². The van der Waals surface area contributed by atoms with Crippen molar-refractivity contribution < 1.29 is 29.0 Å². The van der Waals surface area contributed by atoms with Gasteiger partial charge in [0.25, 0.3) is 0 Å². The Kier molecular flexibility index (Phi) is 11.5. The number of amides is 3. The lowest BCUT2D eigenvalue weighted by Gasteiger charge is -2.34. The van der Waals surface area contributed by atoms with Gasteiger partial charge < -0.3 is 20.1 Å². The molecule has 4 atom stereocenters. The van der Waals surface area contributed by atoms with E-state index in [4.69, 9.17) is 4.74 Å². The van der Waals surface area contributed by atoms with Gasteiger partial charge in [0.05, 0.1) is 0 Å². The molecule has 0 spiro atoms. The number of aliphatic carboxylic acids is 1. The Morgan fingerprint density at radius 2 is 1.59 bits per heavy atom. The number of hydrogen-bond donors (Lipinski definition) is 2. The fourth-order valence-corrected chi connectivity index (χ4v) is 3.38. The third kappa shape index (κ3) is 8.35. The third-order valence-electron chi connectivity index (χ3n) is 6.03. The molecule has 0 heterocycles. The van der Waals surface area contributed by atoms with E-state index in [-0.39, 0.29) is 18.4 Å². The Balaban J connectivity index is 2.93. The lowest BCUT2D eigenvalue weighted by atomic mass is 9.98. The van der Waals surface area contributed by atoms with Crippen molar-refractivity contribution in [2.45, 2.75) is 72.2 Å². The summed E-state index contributed by atoms with van der Waals surface area (Å²) in [4.78, 5) is 52.9. The minimum absolute atomic E-state index is 0.0768. The van der Waals surface area contributed by atoms with Crippen molar-refractivity contribution in [3.8, 4) is 0 Å². The van der Waals surface area contributed by atoms with E-state index in [1.807, 2.05) is 51.1 Å². The number of benzene rings is 1. The fourth-order valence-electron chi connectivity index (χ4n) is 3.38. The predicted molar refractivity (Wildman–Crippen MR) is 129 cm³/mol. The van der Waals surface area contributed by atoms with Gasteiger partial charge in [0.1, 0.15) is 24.7 Å². The number of carboxylic acid groups (broad SMARTS) is 1. The summed E-state index contributed by atoms with van der Waals surface area (Å²) in [7, 11) is 2.97. The van der Waals surface area contributed by atoms with Crippen molar-refractivity contribution in [3.05, 3.63) is 35.9 Å². The van der Waals surface area contributed by atoms with Gasteiger partial charge in [-0.15, -0.1) is 0 Å². The monoisotopic (exact) mass is 477 g/mol. The van der Waals surface area contributed by atoms with E-state index in [1.165, 1.54) is 30.8 Å². The lowest BCUT2D eigenvalue weighted by Crippen LogP contribution is -2.56. The zero-order valence-corrected chi connectivity index (χ0v) is 21.3. The van der Waals surface area contributed by atoms with Crippen LogP contribution in [-0.4, -0.2) is 71.0 Å². The van der Waals surface area contributed by atoms with E-state index in [0.717, 1.165) is 5.56 Å². The predicted octanol–water partition coefficient (Wildman–Crippen LogP) is 3.13. The smallest absolute Gasteiger partial charge is 0.410 e. The molecule has 34 heavy (non-hydrogen) atoms. The number of likely N-dealkylation sites (N-methyl/N-ethyl adjacent to an activating group) is 2. The van der Waals surface area contributed by atoms with E-state index in [0.29, 0.717) is 12.8 Å². The normalized spacial score (nSPS) is 14.5. The molecule has 190 valence electrons. The average Bonchev–Trinajstić information content (AvgIpc) is 2.82. The molecule has 1 aromatic rings. The molecule has 1 rings (SSSR count). The van der Waals surface area contributed by atoms with Crippen molar-refractivity contribution >= 4 is 23.9 Å². The number of nitrogens with one attached hydrogen (secondary N) is 1. The maximum Gasteiger partial charge on any atom is 0.410 e. The summed E-state index contributed by atoms with van der Waals surface area (Å²) in [5.74, 6) is -2.29. The number of rotatable bonds is 12. The highest BCUT2D eigenvalue weighted by Gasteiger charge is 2.35. The first-order chi connectivity index (χ1) is 15.9. The summed E-state index contributed by atoms with van der Waals surface area (Å²) in [6, 6.07) is 6.40. The molecule has 0 radical (unpaired) electrons. The van der Waals surface area contributed by atoms with E-state index in [9.17, 15) is 24.3 Å². The van der Waals surface area contributed by atoms with Crippen LogP contribution in [0.1, 0.15) is 53.0 Å². The van der Waals surface area contributed by atoms with Crippen LogP contribution in [0.25, 0.3) is 0 Å². The Bertz CT molecular complexity index is 829. The van der Waals surface area contributed by atoms with Crippen molar-refractivity contribution in [2.75, 3.05) is 14.1 Å². The average molecular weight is 478 g/mol. The van der Waals surface area contributed by atoms with Crippen LogP contribution in [0, 0.1) is 11.8 Å². The molecule has 0 unspecified atom stereocenters. The van der Waals surface area contributed by atoms with Crippen LogP contribution < -0.4 is 5.32 Å². The van der Waals surface area contributed by atoms with Gasteiger partial charge in [-0.3, -0.25) is 14.5 Å². The molecule has 9 heteroatoms. The Morgan fingerprint density at radius 3 is 2.09 bits per heavy atom. The fraction of sp³-hybridized carbons (Fsp3) is 0.600. The molecule has 0 fully saturated rings. The van der Waals surface area contributed by atoms with E-state index in [1.54, 1.807) is 6.92 Å². The van der Waals surface area contributed by atoms with Gasteiger partial charge in [-0.05, 0) is 30.7 Å². The van der Waals surface area contributed by atoms with E-state index < -0.39 is 42.0 Å². The summed E-state index contributed by atoms with van der Waals surface area (Å²) in [6.45, 7) is 9.06. The Labute approximate surface area is 202 Å². The number of hydrogen-bond acceptors (Lipinski definition) is 5. The standard InChI is InChI=1S/C25H39N3O6/c1-8-17(4)21(24(31)32)26-22(29)18(5)27(6)23(30)20(14-16(2)3)28(7)25(33)34-15-19-12-10-9-11-13-19/h9-13,16-18,20-21H,8,14-15H2,1-7H3,(H,26,29)(H,31,32)/t17-,18-,20-,21-/m0/s1. The molecule has 0 aliphatic rings. The number of carboxylic acids is 1. The molecule has 2 N–H and O–H groups in total. The molecular formula is C25H39N3O6. The van der Waals surface area contributed by atoms with Gasteiger partial charge in [0.2, 0.25) is 11.8 Å². The Hall–Kier alpha value is -3.10. The van der Waals surface area contributed by atoms with Crippen LogP contribution >= 0.6 is 0 Å². The van der Waals surface area contributed by atoms with Crippen LogP contribution in [0.5, 0.6) is 0 Å². The number of carbonyl (C=O) groups excluding carboxylic acids is 3. The summed E-state index contributed by atoms with van der Waals surface area (Å²) in [5, 5.41) is 12.0. The van der Waals surface area contributed by atoms with Gasteiger partial charge in [0.15, 0.2) is 0 Å². The molecule has 0 aromatic heterocycles. The van der Waals surface area contributed by atoms with Gasteiger partial charge in [0, 0.05) is 14.1 Å². The highest BCUT2D eigenvalue weighted by molar-refractivity contribution is 5.92. The number of ether oxygens (including phenoxy) is 1. The van der Waals surface area contributed by atoms with Crippen LogP contribution in [0.4, 0.5) is 4.79 Å². The second kappa shape index (κ2) is 13.6. The minimum Gasteiger partial charge on any atom is -0.480 e. The summed E-state index contributed by atoms with van der Waals surface area (Å²) < 4.78 is 5.38. The third-order valence-corrected chi connectivity index (χ3v) is 6.03. The molecule has 9 nitrogen and oxygen atoms in total. The molecule has 0 saturated heterocycles. The van der Waals surface area contributed by atoms with Crippen LogP contribution in [0.3, 0.4) is 0 Å². The first kappa shape index (κ1) is 28.9. The van der Waals surface area contributed by atoms with E-state index in [2.05, 4.69) is 5.32 Å². The second-order valence-corrected chi connectivity index (χ2v) is 9.13.